The van der Waals surface area contributed by atoms with E-state index in [0.29, 0.717) is 5.56 Å². The Morgan fingerprint density at radius 1 is 1.25 bits per heavy atom. The maximum absolute atomic E-state index is 10.4. The van der Waals surface area contributed by atoms with Crippen molar-refractivity contribution < 1.29 is 36.9 Å². The molecule has 0 aliphatic rings. The molecule has 0 spiro atoms. The summed E-state index contributed by atoms with van der Waals surface area (Å²) in [6, 6.07) is 8.43. The van der Waals surface area contributed by atoms with Gasteiger partial charge in [-0.3, -0.25) is 4.57 Å². The first-order valence-corrected chi connectivity index (χ1v) is 4.61. The zero-order chi connectivity index (χ0) is 8.27. The van der Waals surface area contributed by atoms with Gasteiger partial charge in [-0.1, -0.05) is 30.3 Å². The molecular formula is C7H9NbO3P. The average Bonchev–Trinajstić information content (AvgIpc) is 2.05. The summed E-state index contributed by atoms with van der Waals surface area (Å²) in [4.78, 5) is 8.57. The Labute approximate surface area is 86.8 Å². The van der Waals surface area contributed by atoms with Gasteiger partial charge in [0, 0.05) is 22.4 Å². The van der Waals surface area contributed by atoms with Gasteiger partial charge in [0.15, 0.2) is 5.85 Å². The summed E-state index contributed by atoms with van der Waals surface area (Å²) < 4.78 is 10.4. The molecule has 0 fully saturated rings. The summed E-state index contributed by atoms with van der Waals surface area (Å²) in [6.45, 7) is 0. The summed E-state index contributed by atoms with van der Waals surface area (Å²) >= 11 is 0. The van der Waals surface area contributed by atoms with Crippen LogP contribution in [0.1, 0.15) is 11.4 Å². The number of aliphatic hydroxyl groups excluding tert-OH is 1. The molecule has 0 saturated carbocycles. The van der Waals surface area contributed by atoms with Gasteiger partial charge in [0.05, 0.1) is 0 Å². The van der Waals surface area contributed by atoms with Crippen molar-refractivity contribution in [1.82, 2.24) is 0 Å². The van der Waals surface area contributed by atoms with Crippen LogP contribution in [0, 0.1) is 0 Å². The third-order valence-corrected chi connectivity index (χ3v) is 2.15. The van der Waals surface area contributed by atoms with Crippen LogP contribution in [0.2, 0.25) is 0 Å². The van der Waals surface area contributed by atoms with Crippen molar-refractivity contribution in [2.45, 2.75) is 5.85 Å². The van der Waals surface area contributed by atoms with Crippen molar-refractivity contribution in [3.63, 3.8) is 0 Å². The molecule has 0 saturated heterocycles. The molecule has 65 valence electrons. The Hall–Kier alpha value is 0.110. The molecule has 1 aromatic rings. The van der Waals surface area contributed by atoms with E-state index in [1.807, 2.05) is 0 Å². The first-order valence-electron chi connectivity index (χ1n) is 3.17. The molecule has 0 aliphatic heterocycles. The molecule has 0 aromatic heterocycles. The summed E-state index contributed by atoms with van der Waals surface area (Å²) in [5.41, 5.74) is 0.485. The van der Waals surface area contributed by atoms with Crippen LogP contribution in [0.25, 0.3) is 0 Å². The van der Waals surface area contributed by atoms with Crippen molar-refractivity contribution in [1.29, 1.82) is 0 Å². The SMILES string of the molecule is O=[PH](O)C(O)c1ccccc1.[Nb]. The zero-order valence-corrected chi connectivity index (χ0v) is 9.41. The Morgan fingerprint density at radius 3 is 2.17 bits per heavy atom. The van der Waals surface area contributed by atoms with Crippen LogP contribution in [-0.2, 0) is 26.9 Å². The number of benzene rings is 1. The number of hydrogen-bond donors (Lipinski definition) is 2. The van der Waals surface area contributed by atoms with Gasteiger partial charge in [0.25, 0.3) is 0 Å². The molecule has 0 aliphatic carbocycles. The molecule has 1 radical (unpaired) electrons. The van der Waals surface area contributed by atoms with E-state index in [-0.39, 0.29) is 22.4 Å². The molecule has 12 heavy (non-hydrogen) atoms. The van der Waals surface area contributed by atoms with E-state index in [9.17, 15) is 4.57 Å². The van der Waals surface area contributed by atoms with Crippen LogP contribution in [-0.4, -0.2) is 10.00 Å². The molecule has 1 aromatic carbocycles. The van der Waals surface area contributed by atoms with E-state index in [1.165, 1.54) is 0 Å². The van der Waals surface area contributed by atoms with E-state index >= 15 is 0 Å². The second-order valence-corrected chi connectivity index (χ2v) is 3.37. The monoisotopic (exact) mass is 265 g/mol. The summed E-state index contributed by atoms with van der Waals surface area (Å²) in [5, 5.41) is 9.08. The fraction of sp³-hybridized carbons (Fsp3) is 0.143. The number of hydrogen-bond acceptors (Lipinski definition) is 2. The van der Waals surface area contributed by atoms with Crippen LogP contribution in [0.15, 0.2) is 30.3 Å². The van der Waals surface area contributed by atoms with E-state index in [4.69, 9.17) is 10.00 Å². The first kappa shape index (κ1) is 12.1. The molecular weight excluding hydrogens is 256 g/mol. The number of aliphatic hydroxyl groups is 1. The maximum Gasteiger partial charge on any atom is 0.221 e. The zero-order valence-electron chi connectivity index (χ0n) is 6.21. The Morgan fingerprint density at radius 2 is 1.75 bits per heavy atom. The van der Waals surface area contributed by atoms with Crippen molar-refractivity contribution in [3.05, 3.63) is 35.9 Å². The minimum Gasteiger partial charge on any atom is -0.378 e. The third kappa shape index (κ3) is 3.23. The maximum atomic E-state index is 10.4. The Kier molecular flexibility index (Phi) is 5.76. The van der Waals surface area contributed by atoms with Crippen molar-refractivity contribution in [2.75, 3.05) is 0 Å². The van der Waals surface area contributed by atoms with Crippen LogP contribution < -0.4 is 0 Å². The minimum absolute atomic E-state index is 0. The van der Waals surface area contributed by atoms with E-state index in [0.717, 1.165) is 0 Å². The van der Waals surface area contributed by atoms with Gasteiger partial charge in [0.2, 0.25) is 8.03 Å². The Bertz CT molecular complexity index is 252. The van der Waals surface area contributed by atoms with Gasteiger partial charge in [-0.2, -0.15) is 0 Å². The standard InChI is InChI=1S/C7H9O3P.Nb/c8-7(11(9)10)6-4-2-1-3-5-6;/h1-5,7-8,11H,(H,9,10);. The van der Waals surface area contributed by atoms with Gasteiger partial charge >= 0.3 is 0 Å². The average molecular weight is 265 g/mol. The minimum atomic E-state index is -2.86. The quantitative estimate of drug-likeness (QED) is 0.622. The third-order valence-electron chi connectivity index (χ3n) is 1.35. The molecule has 2 N–H and O–H groups in total. The van der Waals surface area contributed by atoms with E-state index in [2.05, 4.69) is 0 Å². The fourth-order valence-corrected chi connectivity index (χ4v) is 1.26. The molecule has 5 heteroatoms. The predicted molar refractivity (Wildman–Crippen MR) is 42.6 cm³/mol. The normalized spacial score (nSPS) is 14.5. The van der Waals surface area contributed by atoms with Crippen LogP contribution in [0.4, 0.5) is 0 Å². The second-order valence-electron chi connectivity index (χ2n) is 2.15. The van der Waals surface area contributed by atoms with Gasteiger partial charge in [0.1, 0.15) is 0 Å². The van der Waals surface area contributed by atoms with Crippen molar-refractivity contribution in [3.8, 4) is 0 Å². The molecule has 3 nitrogen and oxygen atoms in total. The van der Waals surface area contributed by atoms with Gasteiger partial charge < -0.3 is 10.00 Å². The summed E-state index contributed by atoms with van der Waals surface area (Å²) in [6.07, 6.45) is 0. The molecule has 2 atom stereocenters. The van der Waals surface area contributed by atoms with Gasteiger partial charge in [-0.15, -0.1) is 0 Å². The molecule has 2 unspecified atom stereocenters. The summed E-state index contributed by atoms with van der Waals surface area (Å²) in [5.74, 6) is -1.22. The van der Waals surface area contributed by atoms with E-state index in [1.54, 1.807) is 30.3 Å². The van der Waals surface area contributed by atoms with Gasteiger partial charge in [-0.05, 0) is 5.56 Å². The van der Waals surface area contributed by atoms with Crippen molar-refractivity contribution >= 4 is 8.03 Å². The second kappa shape index (κ2) is 5.70. The Balaban J connectivity index is 0.00000121. The first-order chi connectivity index (χ1) is 5.22. The molecule has 0 amide bonds. The van der Waals surface area contributed by atoms with Gasteiger partial charge in [-0.25, -0.2) is 0 Å². The summed E-state index contributed by atoms with van der Waals surface area (Å²) in [7, 11) is -2.86. The molecule has 0 heterocycles. The topological polar surface area (TPSA) is 57.5 Å². The fourth-order valence-electron chi connectivity index (χ4n) is 0.778. The van der Waals surface area contributed by atoms with Crippen LogP contribution in [0.3, 0.4) is 0 Å². The van der Waals surface area contributed by atoms with E-state index < -0.39 is 13.9 Å². The van der Waals surface area contributed by atoms with Crippen LogP contribution in [0.5, 0.6) is 0 Å². The molecule has 0 bridgehead atoms. The van der Waals surface area contributed by atoms with Crippen molar-refractivity contribution in [2.24, 2.45) is 0 Å². The smallest absolute Gasteiger partial charge is 0.221 e. The van der Waals surface area contributed by atoms with Crippen LogP contribution >= 0.6 is 8.03 Å². The largest absolute Gasteiger partial charge is 0.378 e. The number of rotatable bonds is 2. The predicted octanol–water partition coefficient (Wildman–Crippen LogP) is 1.14. The molecule has 1 rings (SSSR count).